The standard InChI is InChI=1S/C13H18N2/c14-11-5-1-2-6-12(11)15-9-13(10-15)7-3-4-8-13/h1-2,5-6H,3-4,7-10,14H2. The SMILES string of the molecule is Nc1ccccc1N1CC2(CCCC2)C1. The highest BCUT2D eigenvalue weighted by atomic mass is 15.2. The minimum atomic E-state index is 0.655. The van der Waals surface area contributed by atoms with E-state index in [1.807, 2.05) is 12.1 Å². The molecule has 2 nitrogen and oxygen atoms in total. The van der Waals surface area contributed by atoms with E-state index in [9.17, 15) is 0 Å². The Balaban J connectivity index is 1.75. The molecule has 2 fully saturated rings. The van der Waals surface area contributed by atoms with Crippen molar-refractivity contribution < 1.29 is 0 Å². The molecule has 0 radical (unpaired) electrons. The molecule has 15 heavy (non-hydrogen) atoms. The van der Waals surface area contributed by atoms with Crippen molar-refractivity contribution in [2.24, 2.45) is 5.41 Å². The zero-order valence-corrected chi connectivity index (χ0v) is 9.08. The summed E-state index contributed by atoms with van der Waals surface area (Å²) < 4.78 is 0. The normalized spacial score (nSPS) is 23.1. The number of hydrogen-bond donors (Lipinski definition) is 1. The van der Waals surface area contributed by atoms with E-state index in [1.165, 1.54) is 44.5 Å². The minimum absolute atomic E-state index is 0.655. The minimum Gasteiger partial charge on any atom is -0.397 e. The third kappa shape index (κ3) is 1.39. The van der Waals surface area contributed by atoms with E-state index >= 15 is 0 Å². The van der Waals surface area contributed by atoms with Gasteiger partial charge in [0, 0.05) is 18.5 Å². The number of anilines is 2. The predicted octanol–water partition coefficient (Wildman–Crippen LogP) is 2.65. The third-order valence-corrected chi connectivity index (χ3v) is 3.99. The molecule has 1 saturated heterocycles. The lowest BCUT2D eigenvalue weighted by Gasteiger charge is -2.50. The molecule has 0 unspecified atom stereocenters. The summed E-state index contributed by atoms with van der Waals surface area (Å²) in [7, 11) is 0. The van der Waals surface area contributed by atoms with Crippen molar-refractivity contribution in [3.63, 3.8) is 0 Å². The topological polar surface area (TPSA) is 29.3 Å². The van der Waals surface area contributed by atoms with Gasteiger partial charge in [0.25, 0.3) is 0 Å². The molecule has 80 valence electrons. The van der Waals surface area contributed by atoms with Crippen LogP contribution in [0.4, 0.5) is 11.4 Å². The summed E-state index contributed by atoms with van der Waals surface area (Å²) in [6, 6.07) is 8.21. The maximum atomic E-state index is 5.98. The van der Waals surface area contributed by atoms with Crippen molar-refractivity contribution in [1.29, 1.82) is 0 Å². The largest absolute Gasteiger partial charge is 0.397 e. The molecule has 1 aliphatic heterocycles. The predicted molar refractivity (Wildman–Crippen MR) is 64.0 cm³/mol. The van der Waals surface area contributed by atoms with Crippen LogP contribution in [-0.4, -0.2) is 13.1 Å². The van der Waals surface area contributed by atoms with E-state index in [2.05, 4.69) is 17.0 Å². The lowest BCUT2D eigenvalue weighted by Crippen LogP contribution is -2.55. The van der Waals surface area contributed by atoms with E-state index in [0.29, 0.717) is 5.41 Å². The van der Waals surface area contributed by atoms with Crippen LogP contribution in [0, 0.1) is 5.41 Å². The number of nitrogens with zero attached hydrogens (tertiary/aromatic N) is 1. The van der Waals surface area contributed by atoms with E-state index in [1.54, 1.807) is 0 Å². The maximum absolute atomic E-state index is 5.98. The molecule has 1 aliphatic carbocycles. The first-order valence-corrected chi connectivity index (χ1v) is 5.89. The highest BCUT2D eigenvalue weighted by Crippen LogP contribution is 2.47. The van der Waals surface area contributed by atoms with Crippen LogP contribution in [0.25, 0.3) is 0 Å². The van der Waals surface area contributed by atoms with Crippen molar-refractivity contribution in [2.45, 2.75) is 25.7 Å². The fraction of sp³-hybridized carbons (Fsp3) is 0.538. The van der Waals surface area contributed by atoms with Crippen LogP contribution in [0.1, 0.15) is 25.7 Å². The summed E-state index contributed by atoms with van der Waals surface area (Å²) in [4.78, 5) is 2.43. The molecular formula is C13H18N2. The van der Waals surface area contributed by atoms with Gasteiger partial charge in [-0.15, -0.1) is 0 Å². The number of para-hydroxylation sites is 2. The lowest BCUT2D eigenvalue weighted by molar-refractivity contribution is 0.222. The molecule has 2 aliphatic rings. The van der Waals surface area contributed by atoms with Gasteiger partial charge in [0.2, 0.25) is 0 Å². The Hall–Kier alpha value is -1.18. The fourth-order valence-corrected chi connectivity index (χ4v) is 3.15. The summed E-state index contributed by atoms with van der Waals surface area (Å²) in [5.74, 6) is 0. The van der Waals surface area contributed by atoms with Gasteiger partial charge in [-0.3, -0.25) is 0 Å². The Morgan fingerprint density at radius 3 is 2.40 bits per heavy atom. The van der Waals surface area contributed by atoms with Gasteiger partial charge in [0.1, 0.15) is 0 Å². The van der Waals surface area contributed by atoms with Crippen LogP contribution >= 0.6 is 0 Å². The number of nitrogens with two attached hydrogens (primary N) is 1. The molecule has 3 rings (SSSR count). The van der Waals surface area contributed by atoms with Crippen molar-refractivity contribution in [3.8, 4) is 0 Å². The molecule has 2 heteroatoms. The Labute approximate surface area is 91.1 Å². The van der Waals surface area contributed by atoms with Crippen LogP contribution in [0.2, 0.25) is 0 Å². The molecule has 2 N–H and O–H groups in total. The average molecular weight is 202 g/mol. The molecule has 1 aromatic carbocycles. The first-order valence-electron chi connectivity index (χ1n) is 5.89. The van der Waals surface area contributed by atoms with Gasteiger partial charge in [0.15, 0.2) is 0 Å². The molecule has 1 saturated carbocycles. The Kier molecular flexibility index (Phi) is 1.91. The number of rotatable bonds is 1. The second kappa shape index (κ2) is 3.16. The van der Waals surface area contributed by atoms with E-state index in [0.717, 1.165) is 5.69 Å². The summed E-state index contributed by atoms with van der Waals surface area (Å²) in [6.07, 6.45) is 5.71. The fourth-order valence-electron chi connectivity index (χ4n) is 3.15. The van der Waals surface area contributed by atoms with Crippen molar-refractivity contribution in [1.82, 2.24) is 0 Å². The van der Waals surface area contributed by atoms with Gasteiger partial charge in [-0.2, -0.15) is 0 Å². The molecule has 1 heterocycles. The highest BCUT2D eigenvalue weighted by molar-refractivity contribution is 5.68. The van der Waals surface area contributed by atoms with E-state index < -0.39 is 0 Å². The van der Waals surface area contributed by atoms with Gasteiger partial charge in [-0.05, 0) is 25.0 Å². The molecule has 1 aromatic rings. The zero-order valence-electron chi connectivity index (χ0n) is 9.08. The monoisotopic (exact) mass is 202 g/mol. The average Bonchev–Trinajstić information content (AvgIpc) is 2.65. The quantitative estimate of drug-likeness (QED) is 0.709. The van der Waals surface area contributed by atoms with Crippen LogP contribution in [0.5, 0.6) is 0 Å². The van der Waals surface area contributed by atoms with Gasteiger partial charge in [-0.1, -0.05) is 25.0 Å². The first kappa shape index (κ1) is 9.08. The van der Waals surface area contributed by atoms with Crippen LogP contribution in [-0.2, 0) is 0 Å². The second-order valence-corrected chi connectivity index (χ2v) is 5.12. The van der Waals surface area contributed by atoms with Crippen LogP contribution in [0.15, 0.2) is 24.3 Å². The van der Waals surface area contributed by atoms with Crippen LogP contribution < -0.4 is 10.6 Å². The van der Waals surface area contributed by atoms with Gasteiger partial charge < -0.3 is 10.6 Å². The molecular weight excluding hydrogens is 184 g/mol. The van der Waals surface area contributed by atoms with Crippen molar-refractivity contribution in [3.05, 3.63) is 24.3 Å². The van der Waals surface area contributed by atoms with Gasteiger partial charge in [0.05, 0.1) is 11.4 Å². The Bertz CT molecular complexity index is 359. The summed E-state index contributed by atoms with van der Waals surface area (Å²) in [5.41, 5.74) is 8.78. The second-order valence-electron chi connectivity index (χ2n) is 5.12. The van der Waals surface area contributed by atoms with E-state index in [-0.39, 0.29) is 0 Å². The Morgan fingerprint density at radius 1 is 1.07 bits per heavy atom. The number of benzene rings is 1. The first-order chi connectivity index (χ1) is 7.29. The zero-order chi connectivity index (χ0) is 10.3. The molecule has 0 aromatic heterocycles. The molecule has 1 spiro atoms. The van der Waals surface area contributed by atoms with Gasteiger partial charge >= 0.3 is 0 Å². The van der Waals surface area contributed by atoms with Gasteiger partial charge in [-0.25, -0.2) is 0 Å². The van der Waals surface area contributed by atoms with Crippen molar-refractivity contribution >= 4 is 11.4 Å². The lowest BCUT2D eigenvalue weighted by atomic mass is 9.78. The molecule has 0 bridgehead atoms. The third-order valence-electron chi connectivity index (χ3n) is 3.99. The maximum Gasteiger partial charge on any atom is 0.0600 e. The molecule has 0 amide bonds. The summed E-state index contributed by atoms with van der Waals surface area (Å²) in [6.45, 7) is 2.45. The summed E-state index contributed by atoms with van der Waals surface area (Å²) >= 11 is 0. The Morgan fingerprint density at radius 2 is 1.73 bits per heavy atom. The van der Waals surface area contributed by atoms with Crippen LogP contribution in [0.3, 0.4) is 0 Å². The number of nitrogen functional groups attached to an aromatic ring is 1. The van der Waals surface area contributed by atoms with E-state index in [4.69, 9.17) is 5.73 Å². The molecule has 0 atom stereocenters. The summed E-state index contributed by atoms with van der Waals surface area (Å²) in [5, 5.41) is 0. The highest BCUT2D eigenvalue weighted by Gasteiger charge is 2.44. The smallest absolute Gasteiger partial charge is 0.0600 e. The number of hydrogen-bond acceptors (Lipinski definition) is 2. The van der Waals surface area contributed by atoms with Crippen molar-refractivity contribution in [2.75, 3.05) is 23.7 Å².